The molecular weight excluding hydrogens is 236 g/mol. The SMILES string of the molecule is CC1CCCN(CC(O)c2c(F)cccc2F)C1. The van der Waals surface area contributed by atoms with Gasteiger partial charge in [-0.25, -0.2) is 8.78 Å². The summed E-state index contributed by atoms with van der Waals surface area (Å²) in [5.74, 6) is -0.767. The molecule has 1 saturated heterocycles. The van der Waals surface area contributed by atoms with E-state index < -0.39 is 17.7 Å². The summed E-state index contributed by atoms with van der Waals surface area (Å²) in [6.45, 7) is 4.22. The monoisotopic (exact) mass is 255 g/mol. The third kappa shape index (κ3) is 3.06. The van der Waals surface area contributed by atoms with Gasteiger partial charge < -0.3 is 10.0 Å². The van der Waals surface area contributed by atoms with E-state index in [4.69, 9.17) is 0 Å². The average molecular weight is 255 g/mol. The molecule has 0 saturated carbocycles. The largest absolute Gasteiger partial charge is 0.387 e. The Balaban J connectivity index is 2.05. The second kappa shape index (κ2) is 5.76. The van der Waals surface area contributed by atoms with Crippen LogP contribution < -0.4 is 0 Å². The zero-order valence-corrected chi connectivity index (χ0v) is 10.6. The highest BCUT2D eigenvalue weighted by atomic mass is 19.1. The molecule has 0 amide bonds. The third-order valence-corrected chi connectivity index (χ3v) is 3.51. The lowest BCUT2D eigenvalue weighted by Crippen LogP contribution is -2.37. The minimum Gasteiger partial charge on any atom is -0.387 e. The first kappa shape index (κ1) is 13.4. The van der Waals surface area contributed by atoms with Crippen LogP contribution in [0.5, 0.6) is 0 Å². The number of halogens is 2. The van der Waals surface area contributed by atoms with Crippen LogP contribution in [0, 0.1) is 17.6 Å². The molecule has 0 radical (unpaired) electrons. The second-order valence-corrected chi connectivity index (χ2v) is 5.16. The predicted molar refractivity (Wildman–Crippen MR) is 66.2 cm³/mol. The molecule has 1 aliphatic rings. The Morgan fingerprint density at radius 3 is 2.67 bits per heavy atom. The van der Waals surface area contributed by atoms with E-state index in [0.717, 1.165) is 19.5 Å². The van der Waals surface area contributed by atoms with Gasteiger partial charge in [-0.3, -0.25) is 0 Å². The van der Waals surface area contributed by atoms with Crippen molar-refractivity contribution in [2.45, 2.75) is 25.9 Å². The number of nitrogens with zero attached hydrogens (tertiary/aromatic N) is 1. The number of benzene rings is 1. The molecule has 0 aromatic heterocycles. The molecule has 2 atom stereocenters. The van der Waals surface area contributed by atoms with Crippen molar-refractivity contribution in [1.29, 1.82) is 0 Å². The van der Waals surface area contributed by atoms with Crippen LogP contribution in [-0.4, -0.2) is 29.6 Å². The minimum absolute atomic E-state index is 0.212. The van der Waals surface area contributed by atoms with Crippen molar-refractivity contribution < 1.29 is 13.9 Å². The maximum Gasteiger partial charge on any atom is 0.131 e. The number of β-amino-alcohol motifs (C(OH)–C–C–N with tert-alkyl or cyclic N) is 1. The van der Waals surface area contributed by atoms with Gasteiger partial charge in [0.25, 0.3) is 0 Å². The normalized spacial score (nSPS) is 23.0. The Bertz CT molecular complexity index is 391. The molecule has 2 rings (SSSR count). The van der Waals surface area contributed by atoms with Crippen molar-refractivity contribution in [2.75, 3.05) is 19.6 Å². The van der Waals surface area contributed by atoms with E-state index in [-0.39, 0.29) is 5.56 Å². The smallest absolute Gasteiger partial charge is 0.131 e. The number of hydrogen-bond acceptors (Lipinski definition) is 2. The molecule has 0 spiro atoms. The number of aliphatic hydroxyl groups excluding tert-OH is 1. The molecule has 1 aromatic carbocycles. The molecular formula is C14H19F2NO. The van der Waals surface area contributed by atoms with Gasteiger partial charge in [-0.15, -0.1) is 0 Å². The maximum absolute atomic E-state index is 13.5. The van der Waals surface area contributed by atoms with Gasteiger partial charge in [0.1, 0.15) is 11.6 Å². The van der Waals surface area contributed by atoms with Gasteiger partial charge in [-0.05, 0) is 37.4 Å². The van der Waals surface area contributed by atoms with E-state index in [9.17, 15) is 13.9 Å². The van der Waals surface area contributed by atoms with Crippen LogP contribution in [0.25, 0.3) is 0 Å². The van der Waals surface area contributed by atoms with Gasteiger partial charge in [-0.1, -0.05) is 13.0 Å². The summed E-state index contributed by atoms with van der Waals surface area (Å²) in [6.07, 6.45) is 1.16. The fourth-order valence-corrected chi connectivity index (χ4v) is 2.62. The van der Waals surface area contributed by atoms with Gasteiger partial charge in [0.05, 0.1) is 11.7 Å². The van der Waals surface area contributed by atoms with Crippen LogP contribution in [0.3, 0.4) is 0 Å². The lowest BCUT2D eigenvalue weighted by atomic mass is 9.99. The van der Waals surface area contributed by atoms with Gasteiger partial charge in [0.15, 0.2) is 0 Å². The highest BCUT2D eigenvalue weighted by Crippen LogP contribution is 2.23. The van der Waals surface area contributed by atoms with Crippen molar-refractivity contribution in [3.8, 4) is 0 Å². The molecule has 1 fully saturated rings. The topological polar surface area (TPSA) is 23.5 Å². The fraction of sp³-hybridized carbons (Fsp3) is 0.571. The van der Waals surface area contributed by atoms with E-state index in [2.05, 4.69) is 11.8 Å². The molecule has 2 nitrogen and oxygen atoms in total. The lowest BCUT2D eigenvalue weighted by molar-refractivity contribution is 0.0829. The first-order chi connectivity index (χ1) is 8.58. The number of likely N-dealkylation sites (tertiary alicyclic amines) is 1. The number of aliphatic hydroxyl groups is 1. The van der Waals surface area contributed by atoms with Gasteiger partial charge in [0, 0.05) is 13.1 Å². The van der Waals surface area contributed by atoms with Crippen LogP contribution in [0.2, 0.25) is 0 Å². The average Bonchev–Trinajstić information content (AvgIpc) is 2.28. The summed E-state index contributed by atoms with van der Waals surface area (Å²) in [5.41, 5.74) is -0.212. The van der Waals surface area contributed by atoms with Crippen LogP contribution in [-0.2, 0) is 0 Å². The van der Waals surface area contributed by atoms with E-state index in [1.54, 1.807) is 0 Å². The number of rotatable bonds is 3. The van der Waals surface area contributed by atoms with E-state index in [1.807, 2.05) is 0 Å². The molecule has 1 aliphatic heterocycles. The van der Waals surface area contributed by atoms with E-state index in [1.165, 1.54) is 24.6 Å². The first-order valence-electron chi connectivity index (χ1n) is 6.42. The second-order valence-electron chi connectivity index (χ2n) is 5.16. The molecule has 1 N–H and O–H groups in total. The lowest BCUT2D eigenvalue weighted by Gasteiger charge is -2.32. The predicted octanol–water partition coefficient (Wildman–Crippen LogP) is 2.73. The van der Waals surface area contributed by atoms with Gasteiger partial charge in [-0.2, -0.15) is 0 Å². The van der Waals surface area contributed by atoms with Crippen LogP contribution >= 0.6 is 0 Å². The van der Waals surface area contributed by atoms with Gasteiger partial charge >= 0.3 is 0 Å². The maximum atomic E-state index is 13.5. The number of hydrogen-bond donors (Lipinski definition) is 1. The van der Waals surface area contributed by atoms with Crippen molar-refractivity contribution in [3.05, 3.63) is 35.4 Å². The summed E-state index contributed by atoms with van der Waals surface area (Å²) in [7, 11) is 0. The van der Waals surface area contributed by atoms with Crippen molar-refractivity contribution in [1.82, 2.24) is 4.90 Å². The van der Waals surface area contributed by atoms with Crippen molar-refractivity contribution >= 4 is 0 Å². The highest BCUT2D eigenvalue weighted by Gasteiger charge is 2.23. The zero-order valence-electron chi connectivity index (χ0n) is 10.6. The molecule has 0 bridgehead atoms. The summed E-state index contributed by atoms with van der Waals surface area (Å²) >= 11 is 0. The Morgan fingerprint density at radius 1 is 1.39 bits per heavy atom. The third-order valence-electron chi connectivity index (χ3n) is 3.51. The molecule has 4 heteroatoms. The Kier molecular flexibility index (Phi) is 4.30. The summed E-state index contributed by atoms with van der Waals surface area (Å²) in [4.78, 5) is 2.07. The van der Waals surface area contributed by atoms with Crippen molar-refractivity contribution in [3.63, 3.8) is 0 Å². The quantitative estimate of drug-likeness (QED) is 0.897. The van der Waals surface area contributed by atoms with E-state index >= 15 is 0 Å². The Labute approximate surface area is 106 Å². The Morgan fingerprint density at radius 2 is 2.06 bits per heavy atom. The molecule has 1 aromatic rings. The summed E-state index contributed by atoms with van der Waals surface area (Å²) < 4.78 is 27.0. The summed E-state index contributed by atoms with van der Waals surface area (Å²) in [6, 6.07) is 3.67. The van der Waals surface area contributed by atoms with Gasteiger partial charge in [0.2, 0.25) is 0 Å². The Hall–Kier alpha value is -1.00. The van der Waals surface area contributed by atoms with E-state index in [0.29, 0.717) is 12.5 Å². The first-order valence-corrected chi connectivity index (χ1v) is 6.42. The molecule has 2 unspecified atom stereocenters. The van der Waals surface area contributed by atoms with Crippen LogP contribution in [0.1, 0.15) is 31.4 Å². The molecule has 18 heavy (non-hydrogen) atoms. The summed E-state index contributed by atoms with van der Waals surface area (Å²) in [5, 5.41) is 10.00. The minimum atomic E-state index is -1.10. The highest BCUT2D eigenvalue weighted by molar-refractivity contribution is 5.22. The molecule has 100 valence electrons. The standard InChI is InChI=1S/C14H19F2NO/c1-10-4-3-7-17(8-10)9-13(18)14-11(15)5-2-6-12(14)16/h2,5-6,10,13,18H,3-4,7-9H2,1H3. The zero-order chi connectivity index (χ0) is 13.1. The molecule has 1 heterocycles. The number of piperidine rings is 1. The molecule has 0 aliphatic carbocycles. The van der Waals surface area contributed by atoms with Crippen LogP contribution in [0.15, 0.2) is 18.2 Å². The fourth-order valence-electron chi connectivity index (χ4n) is 2.62. The van der Waals surface area contributed by atoms with Crippen LogP contribution in [0.4, 0.5) is 8.78 Å². The van der Waals surface area contributed by atoms with Crippen molar-refractivity contribution in [2.24, 2.45) is 5.92 Å².